The van der Waals surface area contributed by atoms with E-state index in [0.29, 0.717) is 26.1 Å². The van der Waals surface area contributed by atoms with Crippen LogP contribution in [-0.2, 0) is 6.54 Å². The van der Waals surface area contributed by atoms with Crippen molar-refractivity contribution >= 4 is 0 Å². The van der Waals surface area contributed by atoms with Crippen LogP contribution in [0.2, 0.25) is 0 Å². The van der Waals surface area contributed by atoms with Gasteiger partial charge in [0.15, 0.2) is 0 Å². The number of hydrogen-bond donors (Lipinski definition) is 2. The van der Waals surface area contributed by atoms with E-state index in [1.54, 1.807) is 0 Å². The summed E-state index contributed by atoms with van der Waals surface area (Å²) in [5.41, 5.74) is 6.56. The highest BCUT2D eigenvalue weighted by atomic mass is 16.5. The highest BCUT2D eigenvalue weighted by Gasteiger charge is 1.96. The van der Waals surface area contributed by atoms with Gasteiger partial charge in [-0.2, -0.15) is 0 Å². The van der Waals surface area contributed by atoms with Crippen molar-refractivity contribution < 1.29 is 4.74 Å². The van der Waals surface area contributed by atoms with Crippen molar-refractivity contribution in [3.8, 4) is 30.1 Å². The molecule has 19 heavy (non-hydrogen) atoms. The predicted octanol–water partition coefficient (Wildman–Crippen LogP) is 1.88. The minimum absolute atomic E-state index is 0.647. The Morgan fingerprint density at radius 2 is 2.21 bits per heavy atom. The Hall–Kier alpha value is -2.10. The lowest BCUT2D eigenvalue weighted by Gasteiger charge is -2.07. The Bertz CT molecular complexity index is 466. The summed E-state index contributed by atoms with van der Waals surface area (Å²) in [6.07, 6.45) is 7.43. The van der Waals surface area contributed by atoms with E-state index in [9.17, 15) is 0 Å². The molecule has 0 aliphatic heterocycles. The molecule has 1 rings (SSSR count). The molecular formula is C16H20N2O. The Balaban J connectivity index is 2.35. The van der Waals surface area contributed by atoms with E-state index in [1.165, 1.54) is 0 Å². The first kappa shape index (κ1) is 15.0. The van der Waals surface area contributed by atoms with Crippen molar-refractivity contribution in [2.75, 3.05) is 13.2 Å². The lowest BCUT2D eigenvalue weighted by atomic mass is 10.2. The zero-order chi connectivity index (χ0) is 13.8. The number of rotatable bonds is 7. The molecule has 1 aromatic rings. The fraction of sp³-hybridized carbons (Fsp3) is 0.375. The second-order valence-corrected chi connectivity index (χ2v) is 4.00. The molecule has 0 aliphatic rings. The fourth-order valence-electron chi connectivity index (χ4n) is 1.42. The van der Waals surface area contributed by atoms with Crippen LogP contribution in [0.5, 0.6) is 5.75 Å². The molecule has 0 atom stereocenters. The third-order valence-electron chi connectivity index (χ3n) is 2.38. The van der Waals surface area contributed by atoms with Crippen molar-refractivity contribution in [3.05, 3.63) is 29.8 Å². The summed E-state index contributed by atoms with van der Waals surface area (Å²) in [6.45, 7) is 1.99. The summed E-state index contributed by atoms with van der Waals surface area (Å²) in [5, 5.41) is 3.05. The van der Waals surface area contributed by atoms with Crippen LogP contribution in [0.25, 0.3) is 0 Å². The van der Waals surface area contributed by atoms with Gasteiger partial charge < -0.3 is 15.8 Å². The number of terminal acetylenes is 1. The summed E-state index contributed by atoms with van der Waals surface area (Å²) < 4.78 is 5.58. The lowest BCUT2D eigenvalue weighted by molar-refractivity contribution is 0.313. The van der Waals surface area contributed by atoms with Gasteiger partial charge in [-0.1, -0.05) is 18.1 Å². The van der Waals surface area contributed by atoms with Gasteiger partial charge in [0, 0.05) is 25.4 Å². The third-order valence-corrected chi connectivity index (χ3v) is 2.38. The second kappa shape index (κ2) is 9.88. The molecular weight excluding hydrogens is 236 g/mol. The van der Waals surface area contributed by atoms with E-state index in [1.807, 2.05) is 24.3 Å². The van der Waals surface area contributed by atoms with E-state index in [0.717, 1.165) is 24.2 Å². The van der Waals surface area contributed by atoms with Crippen LogP contribution in [0.1, 0.15) is 24.8 Å². The van der Waals surface area contributed by atoms with Crippen molar-refractivity contribution in [1.29, 1.82) is 0 Å². The van der Waals surface area contributed by atoms with Crippen LogP contribution >= 0.6 is 0 Å². The van der Waals surface area contributed by atoms with Crippen LogP contribution < -0.4 is 15.8 Å². The second-order valence-electron chi connectivity index (χ2n) is 4.00. The molecule has 0 saturated carbocycles. The van der Waals surface area contributed by atoms with E-state index >= 15 is 0 Å². The minimum atomic E-state index is 0.647. The van der Waals surface area contributed by atoms with Crippen molar-refractivity contribution in [2.45, 2.75) is 25.8 Å². The molecule has 0 aliphatic carbocycles. The standard InChI is InChI=1S/C16H20N2O/c1-2-3-4-5-11-18-14-15-8-6-9-16(13-15)19-12-7-10-17/h1,6,8-9,13,18H,3-4,7,10,12,14,17H2. The first-order chi connectivity index (χ1) is 9.36. The van der Waals surface area contributed by atoms with Gasteiger partial charge in [-0.25, -0.2) is 0 Å². The molecule has 3 nitrogen and oxygen atoms in total. The van der Waals surface area contributed by atoms with Crippen LogP contribution in [0, 0.1) is 24.3 Å². The predicted molar refractivity (Wildman–Crippen MR) is 78.3 cm³/mol. The molecule has 0 amide bonds. The zero-order valence-electron chi connectivity index (χ0n) is 11.1. The maximum Gasteiger partial charge on any atom is 0.119 e. The van der Waals surface area contributed by atoms with Gasteiger partial charge in [-0.05, 0) is 30.7 Å². The van der Waals surface area contributed by atoms with Gasteiger partial charge >= 0.3 is 0 Å². The van der Waals surface area contributed by atoms with Crippen LogP contribution in [0.3, 0.4) is 0 Å². The van der Waals surface area contributed by atoms with E-state index in [2.05, 4.69) is 23.2 Å². The fourth-order valence-corrected chi connectivity index (χ4v) is 1.42. The summed E-state index contributed by atoms with van der Waals surface area (Å²) in [7, 11) is 0. The average molecular weight is 256 g/mol. The quantitative estimate of drug-likeness (QED) is 0.445. The SMILES string of the molecule is C#CCCC#CNCc1cccc(OCCCN)c1. The molecule has 0 saturated heterocycles. The van der Waals surface area contributed by atoms with Gasteiger partial charge in [0.05, 0.1) is 6.61 Å². The molecule has 0 aromatic heterocycles. The van der Waals surface area contributed by atoms with E-state index < -0.39 is 0 Å². The number of nitrogens with one attached hydrogen (secondary N) is 1. The summed E-state index contributed by atoms with van der Waals surface area (Å²) in [4.78, 5) is 0. The normalized spacial score (nSPS) is 9.05. The number of benzene rings is 1. The first-order valence-electron chi connectivity index (χ1n) is 6.43. The molecule has 1 aromatic carbocycles. The molecule has 0 heterocycles. The smallest absolute Gasteiger partial charge is 0.119 e. The highest BCUT2D eigenvalue weighted by molar-refractivity contribution is 5.28. The highest BCUT2D eigenvalue weighted by Crippen LogP contribution is 2.13. The lowest BCUT2D eigenvalue weighted by Crippen LogP contribution is -2.07. The van der Waals surface area contributed by atoms with E-state index in [-0.39, 0.29) is 0 Å². The van der Waals surface area contributed by atoms with Gasteiger partial charge in [-0.3, -0.25) is 0 Å². The maximum atomic E-state index is 5.58. The summed E-state index contributed by atoms with van der Waals surface area (Å²) in [5.74, 6) is 6.39. The Morgan fingerprint density at radius 3 is 3.00 bits per heavy atom. The number of nitrogens with two attached hydrogens (primary N) is 1. The Morgan fingerprint density at radius 1 is 1.32 bits per heavy atom. The molecule has 0 radical (unpaired) electrons. The monoisotopic (exact) mass is 256 g/mol. The maximum absolute atomic E-state index is 5.58. The molecule has 0 bridgehead atoms. The van der Waals surface area contributed by atoms with Gasteiger partial charge in [-0.15, -0.1) is 12.3 Å². The number of unbranched alkanes of at least 4 members (excludes halogenated alkanes) is 1. The number of hydrogen-bond acceptors (Lipinski definition) is 3. The number of ether oxygens (including phenoxy) is 1. The molecule has 100 valence electrons. The third kappa shape index (κ3) is 7.03. The van der Waals surface area contributed by atoms with Crippen LogP contribution in [-0.4, -0.2) is 13.2 Å². The first-order valence-corrected chi connectivity index (χ1v) is 6.43. The summed E-state index contributed by atoms with van der Waals surface area (Å²) in [6, 6.07) is 10.8. The Kier molecular flexibility index (Phi) is 7.78. The van der Waals surface area contributed by atoms with Crippen LogP contribution in [0.15, 0.2) is 24.3 Å². The topological polar surface area (TPSA) is 47.3 Å². The van der Waals surface area contributed by atoms with Gasteiger partial charge in [0.1, 0.15) is 5.75 Å². The van der Waals surface area contributed by atoms with Gasteiger partial charge in [0.2, 0.25) is 0 Å². The Labute approximate surface area is 115 Å². The molecule has 3 N–H and O–H groups in total. The molecule has 0 spiro atoms. The summed E-state index contributed by atoms with van der Waals surface area (Å²) >= 11 is 0. The zero-order valence-corrected chi connectivity index (χ0v) is 11.1. The van der Waals surface area contributed by atoms with E-state index in [4.69, 9.17) is 16.9 Å². The van der Waals surface area contributed by atoms with Gasteiger partial charge in [0.25, 0.3) is 0 Å². The van der Waals surface area contributed by atoms with Crippen LogP contribution in [0.4, 0.5) is 0 Å². The van der Waals surface area contributed by atoms with Crippen molar-refractivity contribution in [3.63, 3.8) is 0 Å². The van der Waals surface area contributed by atoms with Crippen molar-refractivity contribution in [2.24, 2.45) is 5.73 Å². The molecule has 0 fully saturated rings. The molecule has 3 heteroatoms. The largest absolute Gasteiger partial charge is 0.494 e. The molecule has 0 unspecified atom stereocenters. The average Bonchev–Trinajstić information content (AvgIpc) is 2.43. The van der Waals surface area contributed by atoms with Crippen molar-refractivity contribution in [1.82, 2.24) is 5.32 Å². The minimum Gasteiger partial charge on any atom is -0.494 e.